The molecule has 0 aliphatic heterocycles. The Morgan fingerprint density at radius 3 is 2.77 bits per heavy atom. The lowest BCUT2D eigenvalue weighted by atomic mass is 10.1. The topological polar surface area (TPSA) is 76.9 Å². The molecule has 0 spiro atoms. The van der Waals surface area contributed by atoms with Crippen molar-refractivity contribution in [2.45, 2.75) is 13.0 Å². The fourth-order valence-electron chi connectivity index (χ4n) is 2.37. The van der Waals surface area contributed by atoms with Crippen molar-refractivity contribution < 1.29 is 0 Å². The first-order chi connectivity index (χ1) is 10.7. The molecule has 0 bridgehead atoms. The monoisotopic (exact) mass is 287 g/mol. The average Bonchev–Trinajstić information content (AvgIpc) is 2.91. The number of imidazole rings is 1. The number of fused-ring (bicyclic) bond motifs is 1. The molecule has 0 unspecified atom stereocenters. The fraction of sp³-hybridized carbons (Fsp3) is 0.118. The fourth-order valence-corrected chi connectivity index (χ4v) is 2.37. The number of benzene rings is 1. The van der Waals surface area contributed by atoms with Crippen molar-refractivity contribution in [3.05, 3.63) is 65.5 Å². The van der Waals surface area contributed by atoms with Crippen LogP contribution in [0.3, 0.4) is 0 Å². The summed E-state index contributed by atoms with van der Waals surface area (Å²) in [5, 5.41) is 21.6. The van der Waals surface area contributed by atoms with Gasteiger partial charge in [0, 0.05) is 6.20 Å². The number of hydrogen-bond acceptors (Lipinski definition) is 4. The van der Waals surface area contributed by atoms with E-state index in [1.807, 2.05) is 49.5 Å². The molecule has 2 heterocycles. The van der Waals surface area contributed by atoms with Crippen LogP contribution in [0.25, 0.3) is 5.65 Å². The zero-order valence-electron chi connectivity index (χ0n) is 12.0. The van der Waals surface area contributed by atoms with Gasteiger partial charge in [-0.1, -0.05) is 18.2 Å². The normalized spacial score (nSPS) is 11.6. The number of anilines is 1. The van der Waals surface area contributed by atoms with Gasteiger partial charge >= 0.3 is 0 Å². The Hall–Kier alpha value is -3.31. The summed E-state index contributed by atoms with van der Waals surface area (Å²) in [5.41, 5.74) is 2.78. The van der Waals surface area contributed by atoms with E-state index in [1.54, 1.807) is 10.5 Å². The van der Waals surface area contributed by atoms with Crippen molar-refractivity contribution in [2.75, 3.05) is 5.32 Å². The number of nitriles is 2. The summed E-state index contributed by atoms with van der Waals surface area (Å²) in [6.07, 6.45) is 1.81. The number of nitrogens with one attached hydrogen (secondary N) is 1. The molecule has 106 valence electrons. The molecule has 1 N–H and O–H groups in total. The lowest BCUT2D eigenvalue weighted by molar-refractivity contribution is 0.875. The highest BCUT2D eigenvalue weighted by atomic mass is 15.1. The summed E-state index contributed by atoms with van der Waals surface area (Å²) in [4.78, 5) is 4.46. The molecular weight excluding hydrogens is 274 g/mol. The summed E-state index contributed by atoms with van der Waals surface area (Å²) in [6, 6.07) is 17.2. The Kier molecular flexibility index (Phi) is 3.47. The summed E-state index contributed by atoms with van der Waals surface area (Å²) >= 11 is 0. The van der Waals surface area contributed by atoms with E-state index in [1.165, 1.54) is 0 Å². The van der Waals surface area contributed by atoms with Crippen LogP contribution < -0.4 is 5.32 Å². The SMILES string of the molecule is C[C@@H](Nc1nc2ccccn2c1C#N)c1cccc(C#N)c1. The molecule has 5 heteroatoms. The number of aromatic nitrogens is 2. The summed E-state index contributed by atoms with van der Waals surface area (Å²) in [5.74, 6) is 0.545. The maximum Gasteiger partial charge on any atom is 0.168 e. The summed E-state index contributed by atoms with van der Waals surface area (Å²) in [6.45, 7) is 1.97. The first-order valence-corrected chi connectivity index (χ1v) is 6.86. The predicted molar refractivity (Wildman–Crippen MR) is 83.1 cm³/mol. The smallest absolute Gasteiger partial charge is 0.168 e. The maximum absolute atomic E-state index is 9.38. The summed E-state index contributed by atoms with van der Waals surface area (Å²) in [7, 11) is 0. The van der Waals surface area contributed by atoms with Gasteiger partial charge in [0.15, 0.2) is 11.5 Å². The van der Waals surface area contributed by atoms with Gasteiger partial charge in [0.25, 0.3) is 0 Å². The Bertz CT molecular complexity index is 911. The van der Waals surface area contributed by atoms with Crippen LogP contribution in [-0.2, 0) is 0 Å². The van der Waals surface area contributed by atoms with Crippen LogP contribution >= 0.6 is 0 Å². The molecule has 1 atom stereocenters. The molecule has 0 saturated carbocycles. The number of nitrogens with zero attached hydrogens (tertiary/aromatic N) is 4. The number of pyridine rings is 1. The Morgan fingerprint density at radius 1 is 1.14 bits per heavy atom. The van der Waals surface area contributed by atoms with Gasteiger partial charge in [0.1, 0.15) is 11.7 Å². The molecular formula is C17H13N5. The standard InChI is InChI=1S/C17H13N5/c1-12(14-6-4-5-13(9-14)10-18)20-17-15(11-19)22-8-3-2-7-16(22)21-17/h2-9,12,20H,1H3/t12-/m1/s1. The van der Waals surface area contributed by atoms with Gasteiger partial charge in [0.2, 0.25) is 0 Å². The minimum absolute atomic E-state index is 0.0645. The molecule has 1 aromatic carbocycles. The largest absolute Gasteiger partial charge is 0.361 e. The van der Waals surface area contributed by atoms with Crippen molar-refractivity contribution in [3.63, 3.8) is 0 Å². The van der Waals surface area contributed by atoms with Gasteiger partial charge < -0.3 is 5.32 Å². The van der Waals surface area contributed by atoms with Crippen LogP contribution in [0.5, 0.6) is 0 Å². The van der Waals surface area contributed by atoms with E-state index in [0.717, 1.165) is 11.2 Å². The van der Waals surface area contributed by atoms with E-state index >= 15 is 0 Å². The molecule has 5 nitrogen and oxygen atoms in total. The second kappa shape index (κ2) is 5.59. The minimum Gasteiger partial charge on any atom is -0.361 e. The van der Waals surface area contributed by atoms with Crippen LogP contribution in [0.4, 0.5) is 5.82 Å². The quantitative estimate of drug-likeness (QED) is 0.802. The van der Waals surface area contributed by atoms with Gasteiger partial charge in [-0.2, -0.15) is 10.5 Å². The second-order valence-corrected chi connectivity index (χ2v) is 4.95. The average molecular weight is 287 g/mol. The third kappa shape index (κ3) is 2.36. The first-order valence-electron chi connectivity index (χ1n) is 6.86. The van der Waals surface area contributed by atoms with Crippen LogP contribution in [0.2, 0.25) is 0 Å². The van der Waals surface area contributed by atoms with Gasteiger partial charge in [-0.15, -0.1) is 0 Å². The van der Waals surface area contributed by atoms with E-state index in [4.69, 9.17) is 5.26 Å². The third-order valence-corrected chi connectivity index (χ3v) is 3.50. The lowest BCUT2D eigenvalue weighted by Crippen LogP contribution is -2.08. The van der Waals surface area contributed by atoms with E-state index < -0.39 is 0 Å². The molecule has 0 saturated heterocycles. The van der Waals surface area contributed by atoms with Crippen molar-refractivity contribution in [2.24, 2.45) is 0 Å². The Morgan fingerprint density at radius 2 is 2.00 bits per heavy atom. The highest BCUT2D eigenvalue weighted by Gasteiger charge is 2.14. The van der Waals surface area contributed by atoms with Crippen molar-refractivity contribution in [1.29, 1.82) is 10.5 Å². The van der Waals surface area contributed by atoms with Crippen LogP contribution in [0.15, 0.2) is 48.7 Å². The Labute approximate surface area is 128 Å². The molecule has 0 amide bonds. The molecule has 0 aliphatic carbocycles. The number of hydrogen-bond donors (Lipinski definition) is 1. The highest BCUT2D eigenvalue weighted by Crippen LogP contribution is 2.23. The van der Waals surface area contributed by atoms with Gasteiger partial charge in [-0.25, -0.2) is 4.98 Å². The molecule has 22 heavy (non-hydrogen) atoms. The van der Waals surface area contributed by atoms with E-state index in [0.29, 0.717) is 17.1 Å². The van der Waals surface area contributed by atoms with Crippen molar-refractivity contribution in [1.82, 2.24) is 9.38 Å². The van der Waals surface area contributed by atoms with E-state index in [9.17, 15) is 5.26 Å². The maximum atomic E-state index is 9.38. The summed E-state index contributed by atoms with van der Waals surface area (Å²) < 4.78 is 1.75. The molecule has 3 rings (SSSR count). The van der Waals surface area contributed by atoms with Crippen molar-refractivity contribution >= 4 is 11.5 Å². The van der Waals surface area contributed by atoms with Crippen molar-refractivity contribution in [3.8, 4) is 12.1 Å². The van der Waals surface area contributed by atoms with Crippen LogP contribution in [0, 0.1) is 22.7 Å². The van der Waals surface area contributed by atoms with Gasteiger partial charge in [0.05, 0.1) is 17.7 Å². The van der Waals surface area contributed by atoms with E-state index in [-0.39, 0.29) is 6.04 Å². The molecule has 3 aromatic rings. The van der Waals surface area contributed by atoms with Crippen LogP contribution in [0.1, 0.15) is 29.8 Å². The third-order valence-electron chi connectivity index (χ3n) is 3.50. The minimum atomic E-state index is -0.0645. The van der Waals surface area contributed by atoms with Gasteiger partial charge in [-0.05, 0) is 36.8 Å². The first kappa shape index (κ1) is 13.7. The zero-order chi connectivity index (χ0) is 15.5. The zero-order valence-corrected chi connectivity index (χ0v) is 12.0. The molecule has 2 aromatic heterocycles. The lowest BCUT2D eigenvalue weighted by Gasteiger charge is -2.14. The van der Waals surface area contributed by atoms with Crippen LogP contribution in [-0.4, -0.2) is 9.38 Å². The number of rotatable bonds is 3. The van der Waals surface area contributed by atoms with E-state index in [2.05, 4.69) is 22.4 Å². The van der Waals surface area contributed by atoms with Gasteiger partial charge in [-0.3, -0.25) is 4.40 Å². The molecule has 0 fully saturated rings. The predicted octanol–water partition coefficient (Wildman–Crippen LogP) is 3.25. The second-order valence-electron chi connectivity index (χ2n) is 4.95. The Balaban J connectivity index is 1.96. The molecule has 0 radical (unpaired) electrons. The molecule has 0 aliphatic rings. The highest BCUT2D eigenvalue weighted by molar-refractivity contribution is 5.59.